The summed E-state index contributed by atoms with van der Waals surface area (Å²) in [5, 5.41) is 0. The molecular formula is C26H19N5. The van der Waals surface area contributed by atoms with Gasteiger partial charge in [-0.3, -0.25) is 9.97 Å². The van der Waals surface area contributed by atoms with E-state index in [-0.39, 0.29) is 0 Å². The molecule has 5 nitrogen and oxygen atoms in total. The molecule has 5 heteroatoms. The molecule has 0 unspecified atom stereocenters. The van der Waals surface area contributed by atoms with Crippen molar-refractivity contribution in [2.24, 2.45) is 0 Å². The van der Waals surface area contributed by atoms with Gasteiger partial charge in [0.25, 0.3) is 0 Å². The minimum atomic E-state index is 0.642. The molecular weight excluding hydrogens is 382 g/mol. The number of rotatable bonds is 4. The lowest BCUT2D eigenvalue weighted by atomic mass is 10.1. The first-order valence-corrected chi connectivity index (χ1v) is 10.0. The van der Waals surface area contributed by atoms with Crippen LogP contribution in [0.1, 0.15) is 5.82 Å². The van der Waals surface area contributed by atoms with Crippen LogP contribution < -0.4 is 0 Å². The van der Waals surface area contributed by atoms with Crippen molar-refractivity contribution in [3.05, 3.63) is 103 Å². The molecule has 148 valence electrons. The van der Waals surface area contributed by atoms with Crippen LogP contribution in [0.15, 0.2) is 97.3 Å². The third-order valence-electron chi connectivity index (χ3n) is 4.91. The summed E-state index contributed by atoms with van der Waals surface area (Å²) >= 11 is 0. The van der Waals surface area contributed by atoms with E-state index in [9.17, 15) is 0 Å². The minimum Gasteiger partial charge on any atom is -0.256 e. The summed E-state index contributed by atoms with van der Waals surface area (Å²) in [6.45, 7) is 1.89. The molecule has 3 aromatic heterocycles. The van der Waals surface area contributed by atoms with E-state index < -0.39 is 0 Å². The molecule has 0 bridgehead atoms. The molecule has 3 heterocycles. The summed E-state index contributed by atoms with van der Waals surface area (Å²) < 4.78 is 0. The van der Waals surface area contributed by atoms with E-state index >= 15 is 0 Å². The van der Waals surface area contributed by atoms with Gasteiger partial charge in [0.2, 0.25) is 0 Å². The van der Waals surface area contributed by atoms with Gasteiger partial charge in [-0.2, -0.15) is 0 Å². The average Bonchev–Trinajstić information content (AvgIpc) is 2.85. The van der Waals surface area contributed by atoms with Crippen molar-refractivity contribution < 1.29 is 0 Å². The van der Waals surface area contributed by atoms with E-state index in [0.717, 1.165) is 33.6 Å². The standard InChI is InChI=1S/C26H19N5/c1-18-29-25(21-10-6-8-19(16-21)23-12-2-4-14-27-23)31-26(30-18)22-11-7-9-20(17-22)24-13-3-5-15-28-24/h2-17H,1H3. The van der Waals surface area contributed by atoms with Crippen LogP contribution in [-0.2, 0) is 0 Å². The molecule has 0 fully saturated rings. The van der Waals surface area contributed by atoms with Crippen molar-refractivity contribution in [2.75, 3.05) is 0 Å². The Morgan fingerprint density at radius 1 is 0.484 bits per heavy atom. The SMILES string of the molecule is Cc1nc(-c2cccc(-c3ccccn3)c2)nc(-c2cccc(-c3ccccn3)c2)n1. The smallest absolute Gasteiger partial charge is 0.163 e. The first kappa shape index (κ1) is 18.8. The highest BCUT2D eigenvalue weighted by molar-refractivity contribution is 5.71. The van der Waals surface area contributed by atoms with Crippen LogP contribution in [0.5, 0.6) is 0 Å². The van der Waals surface area contributed by atoms with E-state index in [2.05, 4.69) is 32.1 Å². The quantitative estimate of drug-likeness (QED) is 0.390. The zero-order valence-electron chi connectivity index (χ0n) is 17.0. The third kappa shape index (κ3) is 4.07. The summed E-state index contributed by atoms with van der Waals surface area (Å²) in [6, 6.07) is 28.0. The average molecular weight is 401 g/mol. The predicted molar refractivity (Wildman–Crippen MR) is 122 cm³/mol. The molecule has 0 radical (unpaired) electrons. The van der Waals surface area contributed by atoms with Gasteiger partial charge in [-0.1, -0.05) is 48.5 Å². The fraction of sp³-hybridized carbons (Fsp3) is 0.0385. The van der Waals surface area contributed by atoms with Crippen LogP contribution in [0.3, 0.4) is 0 Å². The largest absolute Gasteiger partial charge is 0.256 e. The summed E-state index contributed by atoms with van der Waals surface area (Å²) in [6.07, 6.45) is 3.59. The van der Waals surface area contributed by atoms with Gasteiger partial charge in [-0.15, -0.1) is 0 Å². The highest BCUT2D eigenvalue weighted by Gasteiger charge is 2.11. The molecule has 0 atom stereocenters. The second kappa shape index (κ2) is 8.24. The van der Waals surface area contributed by atoms with E-state index in [1.807, 2.05) is 79.7 Å². The Hall–Kier alpha value is -4.25. The first-order valence-electron chi connectivity index (χ1n) is 10.0. The number of hydrogen-bond acceptors (Lipinski definition) is 5. The molecule has 0 spiro atoms. The number of aromatic nitrogens is 5. The van der Waals surface area contributed by atoms with E-state index in [4.69, 9.17) is 4.98 Å². The highest BCUT2D eigenvalue weighted by atomic mass is 15.0. The van der Waals surface area contributed by atoms with Gasteiger partial charge in [0.1, 0.15) is 5.82 Å². The highest BCUT2D eigenvalue weighted by Crippen LogP contribution is 2.26. The number of hydrogen-bond donors (Lipinski definition) is 0. The summed E-state index contributed by atoms with van der Waals surface area (Å²) in [7, 11) is 0. The molecule has 31 heavy (non-hydrogen) atoms. The van der Waals surface area contributed by atoms with E-state index in [0.29, 0.717) is 17.5 Å². The second-order valence-corrected chi connectivity index (χ2v) is 7.12. The summed E-state index contributed by atoms with van der Waals surface area (Å²) in [5.41, 5.74) is 5.73. The Balaban J connectivity index is 1.56. The second-order valence-electron chi connectivity index (χ2n) is 7.12. The van der Waals surface area contributed by atoms with Crippen molar-refractivity contribution >= 4 is 0 Å². The molecule has 0 saturated carbocycles. The molecule has 0 N–H and O–H groups in total. The zero-order chi connectivity index (χ0) is 21.0. The molecule has 2 aromatic carbocycles. The lowest BCUT2D eigenvalue weighted by Crippen LogP contribution is -2.00. The first-order chi connectivity index (χ1) is 15.3. The summed E-state index contributed by atoms with van der Waals surface area (Å²) in [5.74, 6) is 1.96. The number of pyridine rings is 2. The fourth-order valence-corrected chi connectivity index (χ4v) is 3.44. The lowest BCUT2D eigenvalue weighted by Gasteiger charge is -2.08. The molecule has 0 amide bonds. The van der Waals surface area contributed by atoms with Crippen LogP contribution in [-0.4, -0.2) is 24.9 Å². The van der Waals surface area contributed by atoms with Gasteiger partial charge < -0.3 is 0 Å². The molecule has 5 aromatic rings. The van der Waals surface area contributed by atoms with Crippen molar-refractivity contribution in [3.63, 3.8) is 0 Å². The van der Waals surface area contributed by atoms with Crippen LogP contribution in [0.4, 0.5) is 0 Å². The molecule has 0 aliphatic heterocycles. The third-order valence-corrected chi connectivity index (χ3v) is 4.91. The Morgan fingerprint density at radius 3 is 1.42 bits per heavy atom. The van der Waals surface area contributed by atoms with Gasteiger partial charge >= 0.3 is 0 Å². The molecule has 0 aliphatic rings. The van der Waals surface area contributed by atoms with Crippen LogP contribution in [0, 0.1) is 6.92 Å². The maximum Gasteiger partial charge on any atom is 0.163 e. The van der Waals surface area contributed by atoms with Crippen molar-refractivity contribution in [3.8, 4) is 45.3 Å². The number of nitrogens with zero attached hydrogens (tertiary/aromatic N) is 5. The normalized spacial score (nSPS) is 10.7. The predicted octanol–water partition coefficient (Wildman–Crippen LogP) is 5.64. The number of benzene rings is 2. The van der Waals surface area contributed by atoms with Crippen molar-refractivity contribution in [2.45, 2.75) is 6.92 Å². The minimum absolute atomic E-state index is 0.642. The van der Waals surface area contributed by atoms with E-state index in [1.54, 1.807) is 12.4 Å². The molecule has 0 saturated heterocycles. The zero-order valence-corrected chi connectivity index (χ0v) is 17.0. The maximum absolute atomic E-state index is 4.78. The van der Waals surface area contributed by atoms with E-state index in [1.165, 1.54) is 0 Å². The monoisotopic (exact) mass is 401 g/mol. The number of aryl methyl sites for hydroxylation is 1. The topological polar surface area (TPSA) is 64.5 Å². The van der Waals surface area contributed by atoms with Gasteiger partial charge in [0, 0.05) is 34.6 Å². The van der Waals surface area contributed by atoms with Gasteiger partial charge in [0.15, 0.2) is 11.6 Å². The Kier molecular flexibility index (Phi) is 4.99. The van der Waals surface area contributed by atoms with Gasteiger partial charge in [-0.25, -0.2) is 15.0 Å². The fourth-order valence-electron chi connectivity index (χ4n) is 3.44. The molecule has 0 aliphatic carbocycles. The Bertz CT molecular complexity index is 1230. The van der Waals surface area contributed by atoms with Gasteiger partial charge in [-0.05, 0) is 43.3 Å². The summed E-state index contributed by atoms with van der Waals surface area (Å²) in [4.78, 5) is 22.9. The Labute approximate surface area is 180 Å². The van der Waals surface area contributed by atoms with Crippen LogP contribution >= 0.6 is 0 Å². The molecule has 5 rings (SSSR count). The van der Waals surface area contributed by atoms with Crippen molar-refractivity contribution in [1.29, 1.82) is 0 Å². The van der Waals surface area contributed by atoms with Gasteiger partial charge in [0.05, 0.1) is 11.4 Å². The maximum atomic E-state index is 4.78. The Morgan fingerprint density at radius 2 is 0.968 bits per heavy atom. The van der Waals surface area contributed by atoms with Crippen LogP contribution in [0.2, 0.25) is 0 Å². The van der Waals surface area contributed by atoms with Crippen LogP contribution in [0.25, 0.3) is 45.3 Å². The lowest BCUT2D eigenvalue weighted by molar-refractivity contribution is 0.992. The van der Waals surface area contributed by atoms with Crippen molar-refractivity contribution in [1.82, 2.24) is 24.9 Å².